The molecule has 1 saturated heterocycles. The fraction of sp³-hybridized carbons (Fsp3) is 0.654. The van der Waals surface area contributed by atoms with Crippen molar-refractivity contribution in [2.24, 2.45) is 0 Å². The molecule has 0 radical (unpaired) electrons. The summed E-state index contributed by atoms with van der Waals surface area (Å²) >= 11 is 5.89. The molecule has 1 aromatic carbocycles. The van der Waals surface area contributed by atoms with Crippen LogP contribution in [0.5, 0.6) is 0 Å². The van der Waals surface area contributed by atoms with Gasteiger partial charge >= 0.3 is 12.2 Å². The predicted molar refractivity (Wildman–Crippen MR) is 138 cm³/mol. The maximum absolute atomic E-state index is 13.3. The largest absolute Gasteiger partial charge is 0.444 e. The Morgan fingerprint density at radius 3 is 2.11 bits per heavy atom. The van der Waals surface area contributed by atoms with Gasteiger partial charge in [-0.3, -0.25) is 4.79 Å². The molecule has 1 aromatic rings. The van der Waals surface area contributed by atoms with Crippen LogP contribution in [0, 0.1) is 0 Å². The van der Waals surface area contributed by atoms with Crippen molar-refractivity contribution in [2.75, 3.05) is 19.6 Å². The Labute approximate surface area is 218 Å². The minimum Gasteiger partial charge on any atom is -0.444 e. The Kier molecular flexibility index (Phi) is 10.0. The number of benzene rings is 1. The van der Waals surface area contributed by atoms with E-state index in [0.717, 1.165) is 5.56 Å². The van der Waals surface area contributed by atoms with Crippen LogP contribution in [0.3, 0.4) is 0 Å². The summed E-state index contributed by atoms with van der Waals surface area (Å²) in [6.45, 7) is 11.4. The molecule has 0 aliphatic carbocycles. The normalized spacial score (nSPS) is 16.6. The van der Waals surface area contributed by atoms with Crippen molar-refractivity contribution in [3.05, 3.63) is 34.9 Å². The first-order chi connectivity index (χ1) is 16.6. The molecular formula is C26H40ClN3O6. The summed E-state index contributed by atoms with van der Waals surface area (Å²) in [6.07, 6.45) is -0.421. The maximum Gasteiger partial charge on any atom is 0.410 e. The molecule has 0 spiro atoms. The molecule has 1 atom stereocenters. The van der Waals surface area contributed by atoms with Gasteiger partial charge in [-0.25, -0.2) is 9.59 Å². The number of hydrogen-bond acceptors (Lipinski definition) is 6. The molecule has 9 nitrogen and oxygen atoms in total. The van der Waals surface area contributed by atoms with E-state index in [1.807, 2.05) is 0 Å². The van der Waals surface area contributed by atoms with Crippen LogP contribution >= 0.6 is 11.6 Å². The quantitative estimate of drug-likeness (QED) is 0.449. The molecule has 1 aliphatic rings. The summed E-state index contributed by atoms with van der Waals surface area (Å²) in [7, 11) is 0. The third-order valence-electron chi connectivity index (χ3n) is 5.64. The van der Waals surface area contributed by atoms with Gasteiger partial charge in [0.2, 0.25) is 5.91 Å². The predicted octanol–water partition coefficient (Wildman–Crippen LogP) is 4.56. The first kappa shape index (κ1) is 29.7. The highest BCUT2D eigenvalue weighted by Crippen LogP contribution is 2.26. The van der Waals surface area contributed by atoms with E-state index in [0.29, 0.717) is 24.4 Å². The number of aliphatic hydroxyl groups is 1. The fourth-order valence-electron chi connectivity index (χ4n) is 3.82. The first-order valence-corrected chi connectivity index (χ1v) is 12.7. The molecule has 0 aromatic heterocycles. The summed E-state index contributed by atoms with van der Waals surface area (Å²) in [4.78, 5) is 39.9. The number of carbonyl (C=O) groups is 3. The van der Waals surface area contributed by atoms with Gasteiger partial charge in [0.05, 0.1) is 6.10 Å². The van der Waals surface area contributed by atoms with Crippen LogP contribution in [0.4, 0.5) is 9.59 Å². The Morgan fingerprint density at radius 2 is 1.58 bits per heavy atom. The number of aliphatic hydroxyl groups excluding tert-OH is 1. The third kappa shape index (κ3) is 9.50. The number of nitrogens with one attached hydrogen (secondary N) is 2. The number of ether oxygens (including phenoxy) is 2. The van der Waals surface area contributed by atoms with Crippen LogP contribution in [0.2, 0.25) is 5.02 Å². The van der Waals surface area contributed by atoms with Crippen molar-refractivity contribution in [1.82, 2.24) is 15.5 Å². The first-order valence-electron chi connectivity index (χ1n) is 12.3. The summed E-state index contributed by atoms with van der Waals surface area (Å²) < 4.78 is 10.8. The molecular weight excluding hydrogens is 486 g/mol. The van der Waals surface area contributed by atoms with E-state index in [1.54, 1.807) is 65.8 Å². The fourth-order valence-corrected chi connectivity index (χ4v) is 3.95. The third-order valence-corrected chi connectivity index (χ3v) is 5.89. The zero-order chi connectivity index (χ0) is 27.1. The monoisotopic (exact) mass is 525 g/mol. The number of piperidine rings is 1. The topological polar surface area (TPSA) is 117 Å². The van der Waals surface area contributed by atoms with Gasteiger partial charge in [0.25, 0.3) is 0 Å². The number of amides is 3. The van der Waals surface area contributed by atoms with Gasteiger partial charge in [0.1, 0.15) is 16.7 Å². The highest BCUT2D eigenvalue weighted by molar-refractivity contribution is 6.30. The second kappa shape index (κ2) is 12.1. The van der Waals surface area contributed by atoms with Gasteiger partial charge in [0, 0.05) is 24.7 Å². The van der Waals surface area contributed by atoms with Crippen LogP contribution in [-0.4, -0.2) is 64.5 Å². The Morgan fingerprint density at radius 1 is 1.03 bits per heavy atom. The average Bonchev–Trinajstić information content (AvgIpc) is 2.74. The summed E-state index contributed by atoms with van der Waals surface area (Å²) in [5, 5.41) is 16.6. The van der Waals surface area contributed by atoms with E-state index in [1.165, 1.54) is 4.90 Å². The molecule has 2 rings (SSSR count). The number of rotatable bonds is 7. The highest BCUT2D eigenvalue weighted by Gasteiger charge is 2.45. The zero-order valence-corrected chi connectivity index (χ0v) is 22.9. The summed E-state index contributed by atoms with van der Waals surface area (Å²) in [6, 6.07) is 6.97. The van der Waals surface area contributed by atoms with Gasteiger partial charge in [0.15, 0.2) is 0 Å². The molecule has 1 heterocycles. The Bertz CT molecular complexity index is 900. The van der Waals surface area contributed by atoms with Crippen LogP contribution in [0.1, 0.15) is 78.9 Å². The number of hydrogen-bond donors (Lipinski definition) is 3. The van der Waals surface area contributed by atoms with Crippen LogP contribution < -0.4 is 10.6 Å². The molecule has 3 N–H and O–H groups in total. The van der Waals surface area contributed by atoms with Crippen molar-refractivity contribution in [2.45, 2.75) is 90.1 Å². The van der Waals surface area contributed by atoms with E-state index in [4.69, 9.17) is 21.1 Å². The van der Waals surface area contributed by atoms with Gasteiger partial charge in [-0.2, -0.15) is 0 Å². The number of carbonyl (C=O) groups excluding carboxylic acids is 3. The van der Waals surface area contributed by atoms with Crippen molar-refractivity contribution < 1.29 is 29.0 Å². The molecule has 10 heteroatoms. The number of likely N-dealkylation sites (tertiary alicyclic amines) is 1. The molecule has 1 aliphatic heterocycles. The minimum atomic E-state index is -1.23. The zero-order valence-electron chi connectivity index (χ0n) is 22.2. The van der Waals surface area contributed by atoms with Gasteiger partial charge in [-0.15, -0.1) is 0 Å². The smallest absolute Gasteiger partial charge is 0.410 e. The minimum absolute atomic E-state index is 0.213. The van der Waals surface area contributed by atoms with Crippen molar-refractivity contribution in [3.63, 3.8) is 0 Å². The van der Waals surface area contributed by atoms with Crippen LogP contribution in [0.25, 0.3) is 0 Å². The van der Waals surface area contributed by atoms with Gasteiger partial charge < -0.3 is 30.1 Å². The van der Waals surface area contributed by atoms with E-state index in [2.05, 4.69) is 10.6 Å². The van der Waals surface area contributed by atoms with E-state index in [9.17, 15) is 19.5 Å². The maximum atomic E-state index is 13.3. The van der Waals surface area contributed by atoms with Crippen molar-refractivity contribution >= 4 is 29.7 Å². The second-order valence-corrected chi connectivity index (χ2v) is 11.6. The van der Waals surface area contributed by atoms with Crippen molar-refractivity contribution in [1.29, 1.82) is 0 Å². The molecule has 1 unspecified atom stereocenters. The lowest BCUT2D eigenvalue weighted by atomic mass is 9.86. The lowest BCUT2D eigenvalue weighted by Crippen LogP contribution is -2.64. The Hall–Kier alpha value is -2.52. The van der Waals surface area contributed by atoms with E-state index >= 15 is 0 Å². The molecule has 3 amide bonds. The molecule has 0 saturated carbocycles. The van der Waals surface area contributed by atoms with E-state index < -0.39 is 35.0 Å². The number of halogens is 1. The van der Waals surface area contributed by atoms with Gasteiger partial charge in [-0.05, 0) is 84.9 Å². The average molecular weight is 526 g/mol. The van der Waals surface area contributed by atoms with Crippen LogP contribution in [-0.2, 0) is 14.3 Å². The van der Waals surface area contributed by atoms with Gasteiger partial charge in [-0.1, -0.05) is 23.7 Å². The lowest BCUT2D eigenvalue weighted by molar-refractivity contribution is -0.129. The highest BCUT2D eigenvalue weighted by atomic mass is 35.5. The molecule has 202 valence electrons. The Balaban J connectivity index is 1.99. The molecule has 0 bridgehead atoms. The second-order valence-electron chi connectivity index (χ2n) is 11.1. The number of alkyl carbamates (subject to hydrolysis) is 1. The summed E-state index contributed by atoms with van der Waals surface area (Å²) in [5.41, 5.74) is -1.83. The van der Waals surface area contributed by atoms with Crippen molar-refractivity contribution in [3.8, 4) is 0 Å². The molecule has 1 fully saturated rings. The summed E-state index contributed by atoms with van der Waals surface area (Å²) in [5.74, 6) is -0.349. The van der Waals surface area contributed by atoms with E-state index in [-0.39, 0.29) is 31.8 Å². The SMILES string of the molecule is CC(C)(C)OC(=O)NC1(C(=O)NCCCC(O)c2ccc(Cl)cc2)CCN(C(=O)OC(C)(C)C)CC1. The number of nitrogens with zero attached hydrogens (tertiary/aromatic N) is 1. The van der Waals surface area contributed by atoms with Crippen LogP contribution in [0.15, 0.2) is 24.3 Å². The lowest BCUT2D eigenvalue weighted by Gasteiger charge is -2.41. The standard InChI is InChI=1S/C26H40ClN3O6/c1-24(2,3)35-22(33)29-26(13-16-30(17-14-26)23(34)36-25(4,5)6)21(32)28-15-7-8-20(31)18-9-11-19(27)12-10-18/h9-12,20,31H,7-8,13-17H2,1-6H3,(H,28,32)(H,29,33). The molecule has 36 heavy (non-hydrogen) atoms.